The highest BCUT2D eigenvalue weighted by Gasteiger charge is 2.01. The maximum Gasteiger partial charge on any atom is 0.236 e. The van der Waals surface area contributed by atoms with Gasteiger partial charge in [-0.3, -0.25) is 4.79 Å². The van der Waals surface area contributed by atoms with Gasteiger partial charge in [-0.1, -0.05) is 12.1 Å². The van der Waals surface area contributed by atoms with Crippen LogP contribution in [-0.4, -0.2) is 38.0 Å². The van der Waals surface area contributed by atoms with Crippen molar-refractivity contribution in [3.8, 4) is 0 Å². The monoisotopic (exact) mass is 224 g/mol. The minimum atomic E-state index is -0.223. The van der Waals surface area contributed by atoms with E-state index in [1.165, 1.54) is 12.1 Å². The molecule has 0 spiro atoms. The first-order valence-electron chi connectivity index (χ1n) is 5.25. The molecule has 0 aliphatic carbocycles. The number of amides is 1. The first kappa shape index (κ1) is 12.6. The van der Waals surface area contributed by atoms with Crippen molar-refractivity contribution >= 4 is 5.91 Å². The average Bonchev–Trinajstić information content (AvgIpc) is 2.26. The smallest absolute Gasteiger partial charge is 0.236 e. The zero-order valence-electron chi connectivity index (χ0n) is 9.66. The first-order valence-corrected chi connectivity index (χ1v) is 5.25. The van der Waals surface area contributed by atoms with Crippen LogP contribution in [0.15, 0.2) is 24.3 Å². The Labute approximate surface area is 95.3 Å². The summed E-state index contributed by atoms with van der Waals surface area (Å²) in [6.45, 7) is 1.05. The number of carbonyl (C=O) groups excluding carboxylic acids is 1. The normalized spacial score (nSPS) is 10.2. The van der Waals surface area contributed by atoms with Crippen molar-refractivity contribution < 1.29 is 9.18 Å². The number of nitrogens with zero attached hydrogens (tertiary/aromatic N) is 1. The number of benzene rings is 1. The molecule has 1 rings (SSSR count). The van der Waals surface area contributed by atoms with Gasteiger partial charge in [-0.2, -0.15) is 0 Å². The van der Waals surface area contributed by atoms with Crippen molar-refractivity contribution in [2.24, 2.45) is 0 Å². The fraction of sp³-hybridized carbons (Fsp3) is 0.417. The molecule has 0 aliphatic rings. The molecular formula is C12H17FN2O. The third kappa shape index (κ3) is 4.40. The molecule has 1 aromatic rings. The Kier molecular flexibility index (Phi) is 4.92. The maximum absolute atomic E-state index is 12.6. The van der Waals surface area contributed by atoms with Gasteiger partial charge in [-0.25, -0.2) is 4.39 Å². The van der Waals surface area contributed by atoms with E-state index in [1.54, 1.807) is 31.1 Å². The maximum atomic E-state index is 12.6. The van der Waals surface area contributed by atoms with Gasteiger partial charge >= 0.3 is 0 Å². The van der Waals surface area contributed by atoms with Crippen LogP contribution in [0.25, 0.3) is 0 Å². The topological polar surface area (TPSA) is 32.3 Å². The summed E-state index contributed by atoms with van der Waals surface area (Å²) in [6, 6.07) is 6.40. The molecule has 0 saturated heterocycles. The van der Waals surface area contributed by atoms with Gasteiger partial charge in [0.1, 0.15) is 5.82 Å². The number of likely N-dealkylation sites (N-methyl/N-ethyl adjacent to an activating group) is 1. The summed E-state index contributed by atoms with van der Waals surface area (Å²) in [5.41, 5.74) is 1.06. The molecule has 0 fully saturated rings. The van der Waals surface area contributed by atoms with Crippen molar-refractivity contribution in [2.75, 3.05) is 27.2 Å². The van der Waals surface area contributed by atoms with E-state index in [0.717, 1.165) is 12.0 Å². The Bertz CT molecular complexity index is 335. The lowest BCUT2D eigenvalue weighted by molar-refractivity contribution is -0.127. The molecule has 0 radical (unpaired) electrons. The number of carbonyl (C=O) groups is 1. The van der Waals surface area contributed by atoms with Gasteiger partial charge in [0.15, 0.2) is 0 Å². The summed E-state index contributed by atoms with van der Waals surface area (Å²) < 4.78 is 12.6. The molecule has 16 heavy (non-hydrogen) atoms. The Morgan fingerprint density at radius 2 is 1.94 bits per heavy atom. The van der Waals surface area contributed by atoms with E-state index in [-0.39, 0.29) is 11.7 Å². The molecule has 0 aliphatic heterocycles. The molecule has 1 aromatic carbocycles. The lowest BCUT2D eigenvalue weighted by atomic mass is 10.1. The minimum Gasteiger partial charge on any atom is -0.348 e. The fourth-order valence-electron chi connectivity index (χ4n) is 1.24. The zero-order valence-corrected chi connectivity index (χ0v) is 9.66. The Hall–Kier alpha value is -1.42. The van der Waals surface area contributed by atoms with Crippen LogP contribution >= 0.6 is 0 Å². The molecule has 3 nitrogen and oxygen atoms in total. The Morgan fingerprint density at radius 3 is 2.50 bits per heavy atom. The van der Waals surface area contributed by atoms with E-state index in [2.05, 4.69) is 5.32 Å². The van der Waals surface area contributed by atoms with E-state index in [4.69, 9.17) is 0 Å². The highest BCUT2D eigenvalue weighted by molar-refractivity contribution is 5.77. The zero-order chi connectivity index (χ0) is 12.0. The second-order valence-electron chi connectivity index (χ2n) is 3.84. The van der Waals surface area contributed by atoms with Gasteiger partial charge < -0.3 is 10.2 Å². The molecular weight excluding hydrogens is 207 g/mol. The predicted octanol–water partition coefficient (Wildman–Crippen LogP) is 1.05. The molecule has 0 unspecified atom stereocenters. The van der Waals surface area contributed by atoms with Crippen molar-refractivity contribution in [1.82, 2.24) is 10.2 Å². The van der Waals surface area contributed by atoms with Crippen LogP contribution in [0.2, 0.25) is 0 Å². The molecule has 1 N–H and O–H groups in total. The van der Waals surface area contributed by atoms with Crippen molar-refractivity contribution in [3.05, 3.63) is 35.6 Å². The van der Waals surface area contributed by atoms with Crippen LogP contribution in [-0.2, 0) is 11.2 Å². The molecule has 0 bridgehead atoms. The van der Waals surface area contributed by atoms with Gasteiger partial charge in [-0.05, 0) is 30.7 Å². The standard InChI is InChI=1S/C12H17FN2O/c1-15(2)12(16)9-14-8-7-10-3-5-11(13)6-4-10/h3-6,14H,7-9H2,1-2H3. The molecule has 88 valence electrons. The molecule has 0 saturated carbocycles. The lowest BCUT2D eigenvalue weighted by Gasteiger charge is -2.10. The fourth-order valence-corrected chi connectivity index (χ4v) is 1.24. The van der Waals surface area contributed by atoms with Gasteiger partial charge in [-0.15, -0.1) is 0 Å². The second kappa shape index (κ2) is 6.23. The Morgan fingerprint density at radius 1 is 1.31 bits per heavy atom. The highest BCUT2D eigenvalue weighted by atomic mass is 19.1. The average molecular weight is 224 g/mol. The SMILES string of the molecule is CN(C)C(=O)CNCCc1ccc(F)cc1. The summed E-state index contributed by atoms with van der Waals surface area (Å²) in [6.07, 6.45) is 0.793. The van der Waals surface area contributed by atoms with Gasteiger partial charge in [0.2, 0.25) is 5.91 Å². The summed E-state index contributed by atoms with van der Waals surface area (Å²) in [5, 5.41) is 3.04. The van der Waals surface area contributed by atoms with Crippen LogP contribution < -0.4 is 5.32 Å². The number of hydrogen-bond acceptors (Lipinski definition) is 2. The summed E-state index contributed by atoms with van der Waals surface area (Å²) >= 11 is 0. The molecule has 0 aromatic heterocycles. The van der Waals surface area contributed by atoms with Crippen LogP contribution in [0, 0.1) is 5.82 Å². The minimum absolute atomic E-state index is 0.0547. The van der Waals surface area contributed by atoms with Crippen molar-refractivity contribution in [1.29, 1.82) is 0 Å². The van der Waals surface area contributed by atoms with Crippen molar-refractivity contribution in [2.45, 2.75) is 6.42 Å². The number of rotatable bonds is 5. The van der Waals surface area contributed by atoms with Crippen LogP contribution in [0.1, 0.15) is 5.56 Å². The van der Waals surface area contributed by atoms with Crippen LogP contribution in [0.4, 0.5) is 4.39 Å². The lowest BCUT2D eigenvalue weighted by Crippen LogP contribution is -2.33. The quantitative estimate of drug-likeness (QED) is 0.758. The molecule has 1 amide bonds. The van der Waals surface area contributed by atoms with Crippen molar-refractivity contribution in [3.63, 3.8) is 0 Å². The van der Waals surface area contributed by atoms with E-state index in [9.17, 15) is 9.18 Å². The van der Waals surface area contributed by atoms with Crippen LogP contribution in [0.3, 0.4) is 0 Å². The third-order valence-corrected chi connectivity index (χ3v) is 2.28. The largest absolute Gasteiger partial charge is 0.348 e. The van der Waals surface area contributed by atoms with Gasteiger partial charge in [0.25, 0.3) is 0 Å². The number of hydrogen-bond donors (Lipinski definition) is 1. The molecule has 0 atom stereocenters. The van der Waals surface area contributed by atoms with E-state index in [1.807, 2.05) is 0 Å². The number of halogens is 1. The van der Waals surface area contributed by atoms with E-state index < -0.39 is 0 Å². The summed E-state index contributed by atoms with van der Waals surface area (Å²) in [7, 11) is 3.45. The van der Waals surface area contributed by atoms with E-state index >= 15 is 0 Å². The third-order valence-electron chi connectivity index (χ3n) is 2.28. The molecule has 0 heterocycles. The Balaban J connectivity index is 2.21. The predicted molar refractivity (Wildman–Crippen MR) is 61.7 cm³/mol. The second-order valence-corrected chi connectivity index (χ2v) is 3.84. The molecule has 4 heteroatoms. The van der Waals surface area contributed by atoms with Gasteiger partial charge in [0, 0.05) is 14.1 Å². The first-order chi connectivity index (χ1) is 7.59. The number of nitrogens with one attached hydrogen (secondary N) is 1. The van der Waals surface area contributed by atoms with E-state index in [0.29, 0.717) is 13.1 Å². The highest BCUT2D eigenvalue weighted by Crippen LogP contribution is 2.02. The van der Waals surface area contributed by atoms with Gasteiger partial charge in [0.05, 0.1) is 6.54 Å². The summed E-state index contributed by atoms with van der Waals surface area (Å²) in [5.74, 6) is -0.168. The summed E-state index contributed by atoms with van der Waals surface area (Å²) in [4.78, 5) is 12.8. The van der Waals surface area contributed by atoms with Crippen LogP contribution in [0.5, 0.6) is 0 Å².